The van der Waals surface area contributed by atoms with E-state index in [2.05, 4.69) is 11.9 Å². The summed E-state index contributed by atoms with van der Waals surface area (Å²) in [6.07, 6.45) is -2.02. The molecular formula is C16H22F3NO. The monoisotopic (exact) mass is 301 g/mol. The van der Waals surface area contributed by atoms with Crippen LogP contribution in [-0.2, 0) is 17.3 Å². The molecule has 0 radical (unpaired) electrons. The van der Waals surface area contributed by atoms with E-state index >= 15 is 0 Å². The summed E-state index contributed by atoms with van der Waals surface area (Å²) in [5, 5.41) is 3.22. The van der Waals surface area contributed by atoms with E-state index in [0.717, 1.165) is 6.07 Å². The predicted octanol–water partition coefficient (Wildman–Crippen LogP) is 3.68. The van der Waals surface area contributed by atoms with Gasteiger partial charge in [0.25, 0.3) is 0 Å². The highest BCUT2D eigenvalue weighted by molar-refractivity contribution is 5.27. The van der Waals surface area contributed by atoms with E-state index in [1.54, 1.807) is 19.3 Å². The van der Waals surface area contributed by atoms with Gasteiger partial charge in [-0.15, -0.1) is 6.58 Å². The summed E-state index contributed by atoms with van der Waals surface area (Å²) in [6, 6.07) is 5.45. The van der Waals surface area contributed by atoms with Gasteiger partial charge in [-0.1, -0.05) is 31.2 Å². The maximum atomic E-state index is 12.7. The number of rotatable bonds is 8. The first-order valence-corrected chi connectivity index (χ1v) is 6.80. The molecule has 21 heavy (non-hydrogen) atoms. The Hall–Kier alpha value is -1.33. The number of halogens is 3. The maximum Gasteiger partial charge on any atom is 0.416 e. The highest BCUT2D eigenvalue weighted by Crippen LogP contribution is 2.31. The number of alkyl halides is 3. The van der Waals surface area contributed by atoms with Crippen molar-refractivity contribution in [3.05, 3.63) is 48.0 Å². The zero-order valence-corrected chi connectivity index (χ0v) is 12.5. The fourth-order valence-corrected chi connectivity index (χ4v) is 2.08. The van der Waals surface area contributed by atoms with Gasteiger partial charge < -0.3 is 10.1 Å². The molecule has 0 aromatic heterocycles. The Morgan fingerprint density at radius 1 is 1.33 bits per heavy atom. The van der Waals surface area contributed by atoms with E-state index in [1.807, 2.05) is 6.92 Å². The Morgan fingerprint density at radius 3 is 2.62 bits per heavy atom. The van der Waals surface area contributed by atoms with Crippen molar-refractivity contribution in [2.24, 2.45) is 5.41 Å². The average Bonchev–Trinajstić information content (AvgIpc) is 2.43. The molecule has 1 rings (SSSR count). The maximum absolute atomic E-state index is 12.7. The van der Waals surface area contributed by atoms with Crippen molar-refractivity contribution in [2.75, 3.05) is 26.8 Å². The van der Waals surface area contributed by atoms with Gasteiger partial charge in [0.2, 0.25) is 0 Å². The quantitative estimate of drug-likeness (QED) is 0.584. The fraction of sp³-hybridized carbons (Fsp3) is 0.500. The highest BCUT2D eigenvalue weighted by atomic mass is 19.4. The SMILES string of the molecule is C=CC(C)(CNCCOC)Cc1cccc(C(F)(F)F)c1. The summed E-state index contributed by atoms with van der Waals surface area (Å²) in [5.74, 6) is 0. The molecule has 0 aliphatic rings. The van der Waals surface area contributed by atoms with Crippen LogP contribution in [-0.4, -0.2) is 26.8 Å². The van der Waals surface area contributed by atoms with E-state index in [9.17, 15) is 13.2 Å². The first-order valence-electron chi connectivity index (χ1n) is 6.80. The summed E-state index contributed by atoms with van der Waals surface area (Å²) in [6.45, 7) is 7.70. The molecule has 0 fully saturated rings. The Balaban J connectivity index is 2.74. The molecule has 0 aliphatic carbocycles. The van der Waals surface area contributed by atoms with E-state index in [-0.39, 0.29) is 5.41 Å². The minimum Gasteiger partial charge on any atom is -0.383 e. The van der Waals surface area contributed by atoms with Gasteiger partial charge in [0, 0.05) is 25.6 Å². The molecule has 1 aromatic rings. The summed E-state index contributed by atoms with van der Waals surface area (Å²) in [7, 11) is 1.62. The molecule has 1 N–H and O–H groups in total. The minimum absolute atomic E-state index is 0.308. The van der Waals surface area contributed by atoms with Gasteiger partial charge in [-0.25, -0.2) is 0 Å². The third-order valence-corrected chi connectivity index (χ3v) is 3.37. The molecule has 1 unspecified atom stereocenters. The van der Waals surface area contributed by atoms with Crippen LogP contribution in [0.3, 0.4) is 0 Å². The van der Waals surface area contributed by atoms with Gasteiger partial charge in [0.1, 0.15) is 0 Å². The molecule has 0 spiro atoms. The molecule has 0 amide bonds. The van der Waals surface area contributed by atoms with Crippen LogP contribution >= 0.6 is 0 Å². The van der Waals surface area contributed by atoms with Gasteiger partial charge >= 0.3 is 6.18 Å². The van der Waals surface area contributed by atoms with E-state index in [4.69, 9.17) is 4.74 Å². The lowest BCUT2D eigenvalue weighted by atomic mass is 9.83. The zero-order valence-electron chi connectivity index (χ0n) is 12.5. The van der Waals surface area contributed by atoms with Gasteiger partial charge in [0.15, 0.2) is 0 Å². The van der Waals surface area contributed by atoms with Crippen LogP contribution in [0.2, 0.25) is 0 Å². The van der Waals surface area contributed by atoms with Crippen LogP contribution < -0.4 is 5.32 Å². The minimum atomic E-state index is -4.31. The van der Waals surface area contributed by atoms with Gasteiger partial charge in [-0.05, 0) is 18.1 Å². The molecule has 2 nitrogen and oxygen atoms in total. The smallest absolute Gasteiger partial charge is 0.383 e. The molecule has 118 valence electrons. The second-order valence-electron chi connectivity index (χ2n) is 5.40. The van der Waals surface area contributed by atoms with Crippen LogP contribution in [0.1, 0.15) is 18.1 Å². The molecule has 1 aromatic carbocycles. The molecule has 0 aliphatic heterocycles. The number of hydrogen-bond acceptors (Lipinski definition) is 2. The standard InChI is InChI=1S/C16H22F3NO/c1-4-15(2,12-20-8-9-21-3)11-13-6-5-7-14(10-13)16(17,18)19/h4-7,10,20H,1,8-9,11-12H2,2-3H3. The van der Waals surface area contributed by atoms with Gasteiger partial charge in [-0.2, -0.15) is 13.2 Å². The zero-order chi connectivity index (χ0) is 15.9. The lowest BCUT2D eigenvalue weighted by molar-refractivity contribution is -0.137. The van der Waals surface area contributed by atoms with Gasteiger partial charge in [0.05, 0.1) is 12.2 Å². The van der Waals surface area contributed by atoms with Gasteiger partial charge in [-0.3, -0.25) is 0 Å². The second-order valence-corrected chi connectivity index (χ2v) is 5.40. The molecule has 0 heterocycles. The number of nitrogens with one attached hydrogen (secondary N) is 1. The first kappa shape index (κ1) is 17.7. The van der Waals surface area contributed by atoms with Crippen LogP contribution in [0, 0.1) is 5.41 Å². The van der Waals surface area contributed by atoms with Crippen molar-refractivity contribution in [3.8, 4) is 0 Å². The number of ether oxygens (including phenoxy) is 1. The summed E-state index contributed by atoms with van der Waals surface area (Å²) >= 11 is 0. The third-order valence-electron chi connectivity index (χ3n) is 3.37. The molecule has 0 saturated carbocycles. The lowest BCUT2D eigenvalue weighted by Gasteiger charge is -2.26. The Bertz CT molecular complexity index is 459. The van der Waals surface area contributed by atoms with Crippen molar-refractivity contribution in [1.82, 2.24) is 5.32 Å². The van der Waals surface area contributed by atoms with Crippen molar-refractivity contribution in [2.45, 2.75) is 19.5 Å². The molecular weight excluding hydrogens is 279 g/mol. The fourth-order valence-electron chi connectivity index (χ4n) is 2.08. The second kappa shape index (κ2) is 7.61. The Labute approximate surface area is 124 Å². The van der Waals surface area contributed by atoms with Crippen LogP contribution in [0.25, 0.3) is 0 Å². The predicted molar refractivity (Wildman–Crippen MR) is 78.2 cm³/mol. The molecule has 5 heteroatoms. The number of benzene rings is 1. The van der Waals surface area contributed by atoms with E-state index < -0.39 is 11.7 Å². The Kier molecular flexibility index (Phi) is 6.42. The number of hydrogen-bond donors (Lipinski definition) is 1. The van der Waals surface area contributed by atoms with E-state index in [1.165, 1.54) is 12.1 Å². The van der Waals surface area contributed by atoms with E-state index in [0.29, 0.717) is 31.7 Å². The number of methoxy groups -OCH3 is 1. The van der Waals surface area contributed by atoms with Crippen LogP contribution in [0.4, 0.5) is 13.2 Å². The normalized spacial score (nSPS) is 14.7. The molecule has 0 bridgehead atoms. The average molecular weight is 301 g/mol. The molecule has 1 atom stereocenters. The highest BCUT2D eigenvalue weighted by Gasteiger charge is 2.31. The topological polar surface area (TPSA) is 21.3 Å². The summed E-state index contributed by atoms with van der Waals surface area (Å²) < 4.78 is 43.1. The van der Waals surface area contributed by atoms with Crippen molar-refractivity contribution in [1.29, 1.82) is 0 Å². The molecule has 0 saturated heterocycles. The van der Waals surface area contributed by atoms with Crippen LogP contribution in [0.5, 0.6) is 0 Å². The summed E-state index contributed by atoms with van der Waals surface area (Å²) in [4.78, 5) is 0. The van der Waals surface area contributed by atoms with Crippen LogP contribution in [0.15, 0.2) is 36.9 Å². The largest absolute Gasteiger partial charge is 0.416 e. The van der Waals surface area contributed by atoms with Crippen molar-refractivity contribution >= 4 is 0 Å². The van der Waals surface area contributed by atoms with Crippen molar-refractivity contribution in [3.63, 3.8) is 0 Å². The summed E-state index contributed by atoms with van der Waals surface area (Å²) in [5.41, 5.74) is -0.266. The Morgan fingerprint density at radius 2 is 2.05 bits per heavy atom. The third kappa shape index (κ3) is 5.89. The first-order chi connectivity index (χ1) is 9.80. The van der Waals surface area contributed by atoms with Crippen molar-refractivity contribution < 1.29 is 17.9 Å². The lowest BCUT2D eigenvalue weighted by Crippen LogP contribution is -2.33.